The molecular formula is C26H40Cl2N6O5S. The summed E-state index contributed by atoms with van der Waals surface area (Å²) < 4.78 is 29.8. The summed E-state index contributed by atoms with van der Waals surface area (Å²) in [5, 5.41) is 17.6. The number of carboxylic acids is 1. The average Bonchev–Trinajstić information content (AvgIpc) is 2.87. The molecule has 5 N–H and O–H groups in total. The number of halogens is 2. The number of fused-ring (bicyclic) bond motifs is 1. The molecule has 0 bridgehead atoms. The highest BCUT2D eigenvalue weighted by Crippen LogP contribution is 2.27. The molecule has 1 fully saturated rings. The van der Waals surface area contributed by atoms with Crippen molar-refractivity contribution >= 4 is 52.7 Å². The van der Waals surface area contributed by atoms with E-state index in [-0.39, 0.29) is 54.6 Å². The van der Waals surface area contributed by atoms with E-state index in [1.807, 2.05) is 26.1 Å². The largest absolute Gasteiger partial charge is 0.480 e. The van der Waals surface area contributed by atoms with Crippen LogP contribution >= 0.6 is 24.8 Å². The number of carbonyl (C=O) groups is 2. The fourth-order valence-electron chi connectivity index (χ4n) is 5.54. The van der Waals surface area contributed by atoms with Gasteiger partial charge in [0.05, 0.1) is 4.90 Å². The van der Waals surface area contributed by atoms with Crippen LogP contribution < -0.4 is 10.5 Å². The third-order valence-electron chi connectivity index (χ3n) is 7.75. The maximum Gasteiger partial charge on any atom is 0.326 e. The van der Waals surface area contributed by atoms with Gasteiger partial charge < -0.3 is 25.5 Å². The molecule has 3 aliphatic rings. The number of likely N-dealkylation sites (N-methyl/N-ethyl adjacent to an activating group) is 1. The first kappa shape index (κ1) is 33.8. The summed E-state index contributed by atoms with van der Waals surface area (Å²) in [4.78, 5) is 31.0. The van der Waals surface area contributed by atoms with E-state index in [9.17, 15) is 23.1 Å². The van der Waals surface area contributed by atoms with Gasteiger partial charge in [0, 0.05) is 32.7 Å². The number of hydrogen-bond acceptors (Lipinski definition) is 6. The predicted octanol–water partition coefficient (Wildman–Crippen LogP) is 1.79. The molecule has 3 heterocycles. The quantitative estimate of drug-likeness (QED) is 0.204. The minimum atomic E-state index is -4.09. The summed E-state index contributed by atoms with van der Waals surface area (Å²) in [6.45, 7) is 4.62. The average molecular weight is 620 g/mol. The molecule has 1 saturated heterocycles. The lowest BCUT2D eigenvalue weighted by molar-refractivity contribution is -0.153. The molecule has 1 aromatic rings. The summed E-state index contributed by atoms with van der Waals surface area (Å²) in [6, 6.07) is 2.86. The molecule has 0 saturated carbocycles. The van der Waals surface area contributed by atoms with Crippen molar-refractivity contribution in [3.8, 4) is 0 Å². The number of rotatable bonds is 7. The Labute approximate surface area is 248 Å². The first-order valence-electron chi connectivity index (χ1n) is 13.1. The van der Waals surface area contributed by atoms with Gasteiger partial charge in [-0.3, -0.25) is 10.2 Å². The molecule has 0 aliphatic carbocycles. The molecule has 3 atom stereocenters. The normalized spacial score (nSPS) is 22.2. The van der Waals surface area contributed by atoms with Crippen molar-refractivity contribution in [3.05, 3.63) is 41.0 Å². The number of likely N-dealkylation sites (tertiary alicyclic amines) is 1. The minimum Gasteiger partial charge on any atom is -0.480 e. The van der Waals surface area contributed by atoms with Crippen molar-refractivity contribution in [2.75, 3.05) is 33.2 Å². The van der Waals surface area contributed by atoms with Crippen LogP contribution in [0.15, 0.2) is 34.7 Å². The number of carboxylic acid groups (broad SMARTS) is 1. The van der Waals surface area contributed by atoms with E-state index < -0.39 is 34.0 Å². The lowest BCUT2D eigenvalue weighted by Gasteiger charge is -2.38. The molecule has 224 valence electrons. The highest BCUT2D eigenvalue weighted by molar-refractivity contribution is 7.89. The first-order valence-corrected chi connectivity index (χ1v) is 14.6. The molecule has 0 unspecified atom stereocenters. The number of aliphatic carboxylic acids is 1. The summed E-state index contributed by atoms with van der Waals surface area (Å²) in [5.74, 6) is -1.58. The van der Waals surface area contributed by atoms with E-state index in [0.29, 0.717) is 38.9 Å². The SMILES string of the molecule is C[C@@H]1CCN(C(=O)[C@H](CC2=CCCN(C(=N)N)C2)NS(=O)(=O)c2ccc3c(c2)CN(C)CC3)[C@@H](C(=O)O)C1.Cl.Cl. The van der Waals surface area contributed by atoms with Crippen LogP contribution in [0.1, 0.15) is 43.7 Å². The van der Waals surface area contributed by atoms with Gasteiger partial charge in [0.25, 0.3) is 0 Å². The zero-order valence-corrected chi connectivity index (χ0v) is 25.3. The van der Waals surface area contributed by atoms with Crippen LogP contribution in [0.2, 0.25) is 0 Å². The second kappa shape index (κ2) is 14.0. The van der Waals surface area contributed by atoms with Crippen LogP contribution in [0, 0.1) is 11.3 Å². The number of piperidine rings is 1. The van der Waals surface area contributed by atoms with Gasteiger partial charge in [0.1, 0.15) is 12.1 Å². The Morgan fingerprint density at radius 3 is 2.58 bits per heavy atom. The molecule has 11 nitrogen and oxygen atoms in total. The second-order valence-corrected chi connectivity index (χ2v) is 12.5. The molecule has 4 rings (SSSR count). The highest BCUT2D eigenvalue weighted by Gasteiger charge is 2.39. The molecule has 1 amide bonds. The predicted molar refractivity (Wildman–Crippen MR) is 157 cm³/mol. The van der Waals surface area contributed by atoms with Crippen LogP contribution in [0.5, 0.6) is 0 Å². The Morgan fingerprint density at radius 1 is 1.18 bits per heavy atom. The van der Waals surface area contributed by atoms with Gasteiger partial charge in [0.15, 0.2) is 5.96 Å². The van der Waals surface area contributed by atoms with Crippen molar-refractivity contribution < 1.29 is 23.1 Å². The van der Waals surface area contributed by atoms with Gasteiger partial charge in [0.2, 0.25) is 15.9 Å². The van der Waals surface area contributed by atoms with Crippen LogP contribution in [0.25, 0.3) is 0 Å². The van der Waals surface area contributed by atoms with Gasteiger partial charge in [-0.15, -0.1) is 24.8 Å². The maximum absolute atomic E-state index is 13.8. The molecule has 3 aliphatic heterocycles. The first-order chi connectivity index (χ1) is 17.9. The number of benzene rings is 1. The number of guanidine groups is 1. The summed E-state index contributed by atoms with van der Waals surface area (Å²) in [7, 11) is -2.11. The number of carbonyl (C=O) groups excluding carboxylic acids is 1. The zero-order valence-electron chi connectivity index (χ0n) is 22.8. The summed E-state index contributed by atoms with van der Waals surface area (Å²) in [5.41, 5.74) is 8.49. The smallest absolute Gasteiger partial charge is 0.326 e. The molecule has 40 heavy (non-hydrogen) atoms. The van der Waals surface area contributed by atoms with E-state index in [1.54, 1.807) is 17.0 Å². The maximum atomic E-state index is 13.8. The molecule has 14 heteroatoms. The third-order valence-corrected chi connectivity index (χ3v) is 9.22. The van der Waals surface area contributed by atoms with E-state index in [2.05, 4.69) is 9.62 Å². The van der Waals surface area contributed by atoms with Gasteiger partial charge >= 0.3 is 5.97 Å². The van der Waals surface area contributed by atoms with Crippen LogP contribution in [-0.4, -0.2) is 91.4 Å². The van der Waals surface area contributed by atoms with E-state index in [1.165, 1.54) is 4.90 Å². The molecule has 0 spiro atoms. The summed E-state index contributed by atoms with van der Waals surface area (Å²) in [6.07, 6.45) is 4.42. The lowest BCUT2D eigenvalue weighted by Crippen LogP contribution is -2.56. The van der Waals surface area contributed by atoms with Crippen molar-refractivity contribution in [3.63, 3.8) is 0 Å². The number of sulfonamides is 1. The van der Waals surface area contributed by atoms with Crippen molar-refractivity contribution in [2.45, 2.75) is 62.6 Å². The Bertz CT molecular complexity index is 1240. The Hall–Kier alpha value is -2.38. The molecular weight excluding hydrogens is 579 g/mol. The van der Waals surface area contributed by atoms with Crippen LogP contribution in [0.3, 0.4) is 0 Å². The number of nitrogens with one attached hydrogen (secondary N) is 2. The van der Waals surface area contributed by atoms with E-state index >= 15 is 0 Å². The fraction of sp³-hybridized carbons (Fsp3) is 0.577. The number of nitrogens with two attached hydrogens (primary N) is 1. The van der Waals surface area contributed by atoms with E-state index in [4.69, 9.17) is 11.1 Å². The van der Waals surface area contributed by atoms with Gasteiger partial charge in [-0.05, 0) is 68.3 Å². The molecule has 0 aromatic heterocycles. The monoisotopic (exact) mass is 618 g/mol. The molecule has 0 radical (unpaired) electrons. The Morgan fingerprint density at radius 2 is 1.90 bits per heavy atom. The topological polar surface area (TPSA) is 160 Å². The van der Waals surface area contributed by atoms with Crippen molar-refractivity contribution in [1.29, 1.82) is 5.41 Å². The standard InChI is InChI=1S/C26H38N6O5S.2ClH/c1-17-7-11-32(23(12-17)25(34)35)24(33)22(13-18-4-3-9-31(15-18)26(27)28)29-38(36,37)21-6-5-19-8-10-30(2)16-20(19)14-21;;/h4-6,14,17,22-23,29H,3,7-13,15-16H2,1-2H3,(H3,27,28)(H,34,35);2*1H/t17-,22+,23-;;/m1../s1. The molecule has 1 aromatic carbocycles. The number of nitrogens with zero attached hydrogens (tertiary/aromatic N) is 3. The Balaban J connectivity index is 0.00000280. The van der Waals surface area contributed by atoms with Gasteiger partial charge in [-0.1, -0.05) is 24.6 Å². The number of hydrogen-bond donors (Lipinski definition) is 4. The van der Waals surface area contributed by atoms with Crippen molar-refractivity contribution in [1.82, 2.24) is 19.4 Å². The van der Waals surface area contributed by atoms with Crippen LogP contribution in [-0.2, 0) is 32.6 Å². The van der Waals surface area contributed by atoms with Gasteiger partial charge in [-0.25, -0.2) is 13.2 Å². The van der Waals surface area contributed by atoms with Crippen molar-refractivity contribution in [2.24, 2.45) is 11.7 Å². The highest BCUT2D eigenvalue weighted by atomic mass is 35.5. The number of amides is 1. The van der Waals surface area contributed by atoms with Crippen LogP contribution in [0.4, 0.5) is 0 Å². The second-order valence-electron chi connectivity index (χ2n) is 10.8. The minimum absolute atomic E-state index is 0. The van der Waals surface area contributed by atoms with E-state index in [0.717, 1.165) is 29.7 Å². The lowest BCUT2D eigenvalue weighted by atomic mass is 9.91. The fourth-order valence-corrected chi connectivity index (χ4v) is 6.78. The zero-order chi connectivity index (χ0) is 27.6. The summed E-state index contributed by atoms with van der Waals surface area (Å²) >= 11 is 0. The third kappa shape index (κ3) is 7.88. The Kier molecular flexibility index (Phi) is 11.8. The van der Waals surface area contributed by atoms with Gasteiger partial charge in [-0.2, -0.15) is 4.72 Å².